The number of hydrogen-bond acceptors (Lipinski definition) is 2. The van der Waals surface area contributed by atoms with Gasteiger partial charge in [0.05, 0.1) is 5.56 Å². The molecule has 1 aromatic rings. The Morgan fingerprint density at radius 3 is 2.41 bits per heavy atom. The van der Waals surface area contributed by atoms with Gasteiger partial charge in [-0.05, 0) is 122 Å². The summed E-state index contributed by atoms with van der Waals surface area (Å²) in [4.78, 5) is 12.7. The molecule has 9 atom stereocenters. The third kappa shape index (κ3) is 4.96. The van der Waals surface area contributed by atoms with Gasteiger partial charge in [0.15, 0.2) is 0 Å². The molecule has 0 radical (unpaired) electrons. The Bertz CT molecular complexity index is 978. The second-order valence-corrected chi connectivity index (χ2v) is 14.4. The summed E-state index contributed by atoms with van der Waals surface area (Å²) < 4.78 is 5.97. The maximum absolute atomic E-state index is 12.7. The van der Waals surface area contributed by atoms with Gasteiger partial charge >= 0.3 is 5.97 Å². The maximum atomic E-state index is 12.7. The number of ether oxygens (including phenoxy) is 1. The van der Waals surface area contributed by atoms with Crippen LogP contribution in [0.25, 0.3) is 0 Å². The Balaban J connectivity index is 1.26. The topological polar surface area (TPSA) is 26.3 Å². The second kappa shape index (κ2) is 10.5. The Hall–Kier alpha value is -1.57. The zero-order chi connectivity index (χ0) is 26.4. The smallest absolute Gasteiger partial charge is 0.338 e. The Morgan fingerprint density at radius 2 is 1.68 bits per heavy atom. The molecule has 204 valence electrons. The lowest BCUT2D eigenvalue weighted by molar-refractivity contribution is -0.0637. The van der Waals surface area contributed by atoms with Crippen LogP contribution in [-0.2, 0) is 4.74 Å². The van der Waals surface area contributed by atoms with Crippen molar-refractivity contribution in [2.24, 2.45) is 52.3 Å². The van der Waals surface area contributed by atoms with Crippen molar-refractivity contribution in [3.05, 3.63) is 47.5 Å². The van der Waals surface area contributed by atoms with E-state index in [1.165, 1.54) is 57.8 Å². The van der Waals surface area contributed by atoms with Crippen LogP contribution in [0.4, 0.5) is 0 Å². The van der Waals surface area contributed by atoms with Crippen LogP contribution in [0.15, 0.2) is 42.0 Å². The van der Waals surface area contributed by atoms with Crippen molar-refractivity contribution in [2.45, 2.75) is 112 Å². The van der Waals surface area contributed by atoms with E-state index >= 15 is 0 Å². The molecule has 3 fully saturated rings. The lowest BCUT2D eigenvalue weighted by Crippen LogP contribution is -2.51. The normalized spacial score (nSPS) is 38.7. The fourth-order valence-electron chi connectivity index (χ4n) is 9.60. The SMILES string of the molecule is CC(C)[C@@H](C)CC[C@@H](C)[C@@H]1CC[C@@H]2[C@H]3CCC4=C[C@@H](OC(=O)c5ccccc5)CC[C@]4(C)[C@@H]3CC[C@@]21C. The maximum Gasteiger partial charge on any atom is 0.338 e. The van der Waals surface area contributed by atoms with E-state index in [0.29, 0.717) is 16.4 Å². The third-order valence-electron chi connectivity index (χ3n) is 12.3. The molecule has 0 aromatic heterocycles. The van der Waals surface area contributed by atoms with Crippen LogP contribution in [0.1, 0.15) is 116 Å². The van der Waals surface area contributed by atoms with E-state index in [0.717, 1.165) is 47.8 Å². The zero-order valence-electron chi connectivity index (χ0n) is 24.5. The minimum atomic E-state index is -0.179. The number of esters is 1. The van der Waals surface area contributed by atoms with Gasteiger partial charge in [-0.15, -0.1) is 0 Å². The van der Waals surface area contributed by atoms with Gasteiger partial charge in [-0.3, -0.25) is 0 Å². The van der Waals surface area contributed by atoms with Gasteiger partial charge in [-0.25, -0.2) is 4.79 Å². The van der Waals surface area contributed by atoms with E-state index in [4.69, 9.17) is 4.74 Å². The highest BCUT2D eigenvalue weighted by atomic mass is 16.5. The van der Waals surface area contributed by atoms with Gasteiger partial charge in [0.25, 0.3) is 0 Å². The number of rotatable bonds is 7. The van der Waals surface area contributed by atoms with Gasteiger partial charge in [-0.1, -0.05) is 78.2 Å². The fourth-order valence-corrected chi connectivity index (χ4v) is 9.60. The van der Waals surface area contributed by atoms with Crippen molar-refractivity contribution in [2.75, 3.05) is 0 Å². The van der Waals surface area contributed by atoms with E-state index < -0.39 is 0 Å². The summed E-state index contributed by atoms with van der Waals surface area (Å²) in [6.07, 6.45) is 15.5. The molecule has 4 aliphatic carbocycles. The van der Waals surface area contributed by atoms with Crippen LogP contribution >= 0.6 is 0 Å². The molecule has 37 heavy (non-hydrogen) atoms. The molecule has 0 aliphatic heterocycles. The average Bonchev–Trinajstić information content (AvgIpc) is 3.25. The first-order valence-electron chi connectivity index (χ1n) is 15.6. The molecule has 0 bridgehead atoms. The first-order chi connectivity index (χ1) is 17.6. The third-order valence-corrected chi connectivity index (χ3v) is 12.3. The number of carbonyl (C=O) groups excluding carboxylic acids is 1. The number of carbonyl (C=O) groups is 1. The molecule has 2 heteroatoms. The van der Waals surface area contributed by atoms with Crippen LogP contribution in [0.5, 0.6) is 0 Å². The number of benzene rings is 1. The molecule has 0 spiro atoms. The molecule has 0 unspecified atom stereocenters. The summed E-state index contributed by atoms with van der Waals surface area (Å²) in [6.45, 7) is 15.1. The molecular formula is C35H52O2. The highest BCUT2D eigenvalue weighted by Crippen LogP contribution is 2.67. The Labute approximate surface area is 227 Å². The predicted molar refractivity (Wildman–Crippen MR) is 153 cm³/mol. The Morgan fingerprint density at radius 1 is 0.919 bits per heavy atom. The van der Waals surface area contributed by atoms with Crippen molar-refractivity contribution in [3.63, 3.8) is 0 Å². The van der Waals surface area contributed by atoms with Crippen molar-refractivity contribution < 1.29 is 9.53 Å². The van der Waals surface area contributed by atoms with Crippen LogP contribution < -0.4 is 0 Å². The molecule has 0 N–H and O–H groups in total. The van der Waals surface area contributed by atoms with Crippen LogP contribution in [0, 0.1) is 52.3 Å². The van der Waals surface area contributed by atoms with Crippen molar-refractivity contribution in [3.8, 4) is 0 Å². The lowest BCUT2D eigenvalue weighted by Gasteiger charge is -2.59. The zero-order valence-corrected chi connectivity index (χ0v) is 24.5. The lowest BCUT2D eigenvalue weighted by atomic mass is 9.46. The molecule has 4 aliphatic rings. The van der Waals surface area contributed by atoms with Gasteiger partial charge in [0.2, 0.25) is 0 Å². The molecule has 0 saturated heterocycles. The molecule has 0 heterocycles. The summed E-state index contributed by atoms with van der Waals surface area (Å²) >= 11 is 0. The Kier molecular flexibility index (Phi) is 7.69. The van der Waals surface area contributed by atoms with Gasteiger partial charge in [0, 0.05) is 0 Å². The quantitative estimate of drug-likeness (QED) is 0.273. The number of hydrogen-bond donors (Lipinski definition) is 0. The number of fused-ring (bicyclic) bond motifs is 5. The highest BCUT2D eigenvalue weighted by molar-refractivity contribution is 5.89. The summed E-state index contributed by atoms with van der Waals surface area (Å²) in [7, 11) is 0. The van der Waals surface area contributed by atoms with E-state index in [-0.39, 0.29) is 12.1 Å². The molecular weight excluding hydrogens is 452 g/mol. The van der Waals surface area contributed by atoms with Crippen molar-refractivity contribution >= 4 is 5.97 Å². The van der Waals surface area contributed by atoms with Gasteiger partial charge in [-0.2, -0.15) is 0 Å². The molecule has 1 aromatic carbocycles. The minimum absolute atomic E-state index is 0.0638. The van der Waals surface area contributed by atoms with E-state index in [1.54, 1.807) is 5.57 Å². The van der Waals surface area contributed by atoms with E-state index in [9.17, 15) is 4.79 Å². The first kappa shape index (κ1) is 27.0. The van der Waals surface area contributed by atoms with Gasteiger partial charge in [0.1, 0.15) is 6.10 Å². The monoisotopic (exact) mass is 504 g/mol. The number of allylic oxidation sites excluding steroid dienone is 1. The fraction of sp³-hybridized carbons (Fsp3) is 0.743. The van der Waals surface area contributed by atoms with Crippen molar-refractivity contribution in [1.29, 1.82) is 0 Å². The standard InChI is InChI=1S/C35H52O2/c1-23(2)24(3)12-13-25(4)30-16-17-31-29-15-14-27-22-28(37-33(36)26-10-8-7-9-11-26)18-20-34(27,5)32(29)19-21-35(30,31)6/h7-11,22-25,28-32H,12-21H2,1-6H3/t24-,25+,28-,29+,30-,31+,32+,34-,35+/m0/s1. The first-order valence-corrected chi connectivity index (χ1v) is 15.6. The average molecular weight is 505 g/mol. The minimum Gasteiger partial charge on any atom is -0.455 e. The van der Waals surface area contributed by atoms with E-state index in [1.807, 2.05) is 30.3 Å². The summed E-state index contributed by atoms with van der Waals surface area (Å²) in [5.74, 6) is 5.84. The second-order valence-electron chi connectivity index (χ2n) is 14.4. The molecule has 3 saturated carbocycles. The predicted octanol–water partition coefficient (Wildman–Crippen LogP) is 9.50. The summed E-state index contributed by atoms with van der Waals surface area (Å²) in [5, 5.41) is 0. The van der Waals surface area contributed by atoms with Crippen LogP contribution in [0.2, 0.25) is 0 Å². The highest BCUT2D eigenvalue weighted by Gasteiger charge is 2.59. The van der Waals surface area contributed by atoms with Gasteiger partial charge < -0.3 is 4.74 Å². The molecule has 0 amide bonds. The summed E-state index contributed by atoms with van der Waals surface area (Å²) in [5.41, 5.74) is 3.10. The molecule has 2 nitrogen and oxygen atoms in total. The molecule has 5 rings (SSSR count). The van der Waals surface area contributed by atoms with Crippen LogP contribution in [-0.4, -0.2) is 12.1 Å². The summed E-state index contributed by atoms with van der Waals surface area (Å²) in [6, 6.07) is 9.47. The largest absolute Gasteiger partial charge is 0.455 e. The van der Waals surface area contributed by atoms with E-state index in [2.05, 4.69) is 47.6 Å². The van der Waals surface area contributed by atoms with Crippen molar-refractivity contribution in [1.82, 2.24) is 0 Å². The van der Waals surface area contributed by atoms with Crippen LogP contribution in [0.3, 0.4) is 0 Å².